The lowest BCUT2D eigenvalue weighted by Crippen LogP contribution is -1.95. The van der Waals surface area contributed by atoms with E-state index in [9.17, 15) is 0 Å². The first kappa shape index (κ1) is 9.09. The number of aromatic nitrogens is 1. The smallest absolute Gasteiger partial charge is 0.138 e. The Balaban J connectivity index is 2.59. The van der Waals surface area contributed by atoms with Crippen LogP contribution in [0.5, 0.6) is 0 Å². The van der Waals surface area contributed by atoms with Crippen molar-refractivity contribution < 1.29 is 0 Å². The lowest BCUT2D eigenvalue weighted by molar-refractivity contribution is 1.34. The first-order valence-corrected chi connectivity index (χ1v) is 4.71. The van der Waals surface area contributed by atoms with Gasteiger partial charge in [0.15, 0.2) is 0 Å². The maximum atomic E-state index is 4.23. The van der Waals surface area contributed by atoms with Crippen LogP contribution in [0.1, 0.15) is 0 Å². The highest BCUT2D eigenvalue weighted by Gasteiger charge is 2.00. The summed E-state index contributed by atoms with van der Waals surface area (Å²) in [5.74, 6) is 0.795. The summed E-state index contributed by atoms with van der Waals surface area (Å²) >= 11 is 4.09. The van der Waals surface area contributed by atoms with Crippen LogP contribution in [-0.4, -0.2) is 4.98 Å². The van der Waals surface area contributed by atoms with Crippen molar-refractivity contribution >= 4 is 29.2 Å². The number of anilines is 1. The van der Waals surface area contributed by atoms with E-state index in [0.29, 0.717) is 5.03 Å². The molecular formula is C11H10N2S. The van der Waals surface area contributed by atoms with Gasteiger partial charge >= 0.3 is 0 Å². The van der Waals surface area contributed by atoms with Crippen LogP contribution in [0.4, 0.5) is 5.82 Å². The number of nitrogens with zero attached hydrogens (tertiary/aromatic N) is 1. The Labute approximate surface area is 88.1 Å². The molecule has 0 radical (unpaired) electrons. The Hall–Kier alpha value is -1.48. The second kappa shape index (κ2) is 3.72. The molecule has 1 aromatic carbocycles. The fraction of sp³-hybridized carbons (Fsp3) is 0. The highest BCUT2D eigenvalue weighted by atomic mass is 32.1. The number of hydrogen-bond donors (Lipinski definition) is 2. The number of benzene rings is 1. The van der Waals surface area contributed by atoms with Crippen LogP contribution in [0, 0.1) is 0 Å². The van der Waals surface area contributed by atoms with Crippen molar-refractivity contribution in [2.45, 2.75) is 0 Å². The van der Waals surface area contributed by atoms with Crippen LogP contribution in [0.2, 0.25) is 0 Å². The summed E-state index contributed by atoms with van der Waals surface area (Å²) in [5.41, 5.74) is 0. The second-order valence-corrected chi connectivity index (χ2v) is 3.49. The number of pyridine rings is 1. The van der Waals surface area contributed by atoms with Crippen molar-refractivity contribution in [1.29, 1.82) is 0 Å². The Kier molecular flexibility index (Phi) is 2.41. The van der Waals surface area contributed by atoms with E-state index in [4.69, 9.17) is 0 Å². The number of hydrogen-bond acceptors (Lipinski definition) is 3. The van der Waals surface area contributed by atoms with Gasteiger partial charge in [-0.25, -0.2) is 4.98 Å². The second-order valence-electron chi connectivity index (χ2n) is 2.95. The maximum Gasteiger partial charge on any atom is 0.138 e. The van der Waals surface area contributed by atoms with Gasteiger partial charge in [0, 0.05) is 11.6 Å². The minimum Gasteiger partial charge on any atom is -0.335 e. The predicted molar refractivity (Wildman–Crippen MR) is 63.5 cm³/mol. The molecule has 0 saturated heterocycles. The zero-order chi connectivity index (χ0) is 9.97. The summed E-state index contributed by atoms with van der Waals surface area (Å²) in [6.07, 6.45) is 1.77. The highest BCUT2D eigenvalue weighted by Crippen LogP contribution is 2.21. The van der Waals surface area contributed by atoms with Gasteiger partial charge in [0.25, 0.3) is 0 Å². The monoisotopic (exact) mass is 202 g/mol. The fourth-order valence-electron chi connectivity index (χ4n) is 1.36. The quantitative estimate of drug-likeness (QED) is 0.732. The third-order valence-electron chi connectivity index (χ3n) is 1.94. The topological polar surface area (TPSA) is 24.9 Å². The van der Waals surface area contributed by atoms with Crippen LogP contribution in [0.15, 0.2) is 48.1 Å². The third kappa shape index (κ3) is 1.72. The van der Waals surface area contributed by atoms with Gasteiger partial charge in [0.05, 0.1) is 5.03 Å². The lowest BCUT2D eigenvalue weighted by Gasteiger charge is -2.06. The zero-order valence-electron chi connectivity index (χ0n) is 7.57. The highest BCUT2D eigenvalue weighted by molar-refractivity contribution is 7.84. The van der Waals surface area contributed by atoms with Crippen LogP contribution in [0.3, 0.4) is 0 Å². The van der Waals surface area contributed by atoms with E-state index < -0.39 is 0 Å². The molecular weight excluding hydrogens is 192 g/mol. The molecule has 0 atom stereocenters. The molecule has 2 aromatic rings. The van der Waals surface area contributed by atoms with Gasteiger partial charge < -0.3 is 5.32 Å². The number of fused-ring (bicyclic) bond motifs is 1. The minimum atomic E-state index is 0.592. The molecule has 2 nitrogen and oxygen atoms in total. The predicted octanol–water partition coefficient (Wildman–Crippen LogP) is 3.05. The standard InChI is InChI=1S/C11H10N2S/c1-8(14)13-11-10-5-3-2-4-9(10)6-7-12-11/h2-7,14H,1H2,(H,12,13). The van der Waals surface area contributed by atoms with E-state index in [-0.39, 0.29) is 0 Å². The summed E-state index contributed by atoms with van der Waals surface area (Å²) in [6.45, 7) is 3.67. The molecule has 3 heteroatoms. The SMILES string of the molecule is C=C(S)Nc1nccc2ccccc12. The number of nitrogens with one attached hydrogen (secondary N) is 1. The molecule has 0 unspecified atom stereocenters. The van der Waals surface area contributed by atoms with E-state index in [1.807, 2.05) is 30.3 Å². The van der Waals surface area contributed by atoms with E-state index >= 15 is 0 Å². The van der Waals surface area contributed by atoms with Gasteiger partial charge in [-0.1, -0.05) is 30.8 Å². The maximum absolute atomic E-state index is 4.23. The molecule has 0 aliphatic heterocycles. The first-order valence-electron chi connectivity index (χ1n) is 4.26. The summed E-state index contributed by atoms with van der Waals surface area (Å²) in [7, 11) is 0. The molecule has 14 heavy (non-hydrogen) atoms. The minimum absolute atomic E-state index is 0.592. The molecule has 1 heterocycles. The fourth-order valence-corrected chi connectivity index (χ4v) is 1.46. The van der Waals surface area contributed by atoms with Crippen LogP contribution in [-0.2, 0) is 0 Å². The number of rotatable bonds is 2. The summed E-state index contributed by atoms with van der Waals surface area (Å²) in [4.78, 5) is 4.23. The molecule has 0 amide bonds. The summed E-state index contributed by atoms with van der Waals surface area (Å²) in [5, 5.41) is 5.82. The molecule has 0 bridgehead atoms. The van der Waals surface area contributed by atoms with Crippen molar-refractivity contribution in [3.05, 3.63) is 48.1 Å². The van der Waals surface area contributed by atoms with Gasteiger partial charge in [0.2, 0.25) is 0 Å². The van der Waals surface area contributed by atoms with Gasteiger partial charge in [0.1, 0.15) is 5.82 Å². The summed E-state index contributed by atoms with van der Waals surface area (Å²) < 4.78 is 0. The Morgan fingerprint density at radius 2 is 2.07 bits per heavy atom. The van der Waals surface area contributed by atoms with Crippen molar-refractivity contribution in [2.75, 3.05) is 5.32 Å². The third-order valence-corrected chi connectivity index (χ3v) is 2.05. The van der Waals surface area contributed by atoms with Crippen molar-refractivity contribution in [3.8, 4) is 0 Å². The van der Waals surface area contributed by atoms with Crippen LogP contribution in [0.25, 0.3) is 10.8 Å². The lowest BCUT2D eigenvalue weighted by atomic mass is 10.1. The molecule has 1 aromatic heterocycles. The molecule has 0 fully saturated rings. The molecule has 0 spiro atoms. The normalized spacial score (nSPS) is 10.1. The van der Waals surface area contributed by atoms with E-state index in [2.05, 4.69) is 29.5 Å². The van der Waals surface area contributed by atoms with Gasteiger partial charge in [-0.05, 0) is 11.5 Å². The van der Waals surface area contributed by atoms with Crippen molar-refractivity contribution in [1.82, 2.24) is 4.98 Å². The van der Waals surface area contributed by atoms with E-state index in [1.54, 1.807) is 6.20 Å². The molecule has 2 rings (SSSR count). The molecule has 0 aliphatic carbocycles. The average molecular weight is 202 g/mol. The molecule has 70 valence electrons. The Morgan fingerprint density at radius 1 is 1.29 bits per heavy atom. The largest absolute Gasteiger partial charge is 0.335 e. The molecule has 1 N–H and O–H groups in total. The van der Waals surface area contributed by atoms with Crippen molar-refractivity contribution in [3.63, 3.8) is 0 Å². The van der Waals surface area contributed by atoms with E-state index in [0.717, 1.165) is 16.6 Å². The molecule has 0 saturated carbocycles. The van der Waals surface area contributed by atoms with Gasteiger partial charge in [-0.2, -0.15) is 0 Å². The van der Waals surface area contributed by atoms with Gasteiger partial charge in [-0.15, -0.1) is 12.6 Å². The van der Waals surface area contributed by atoms with Crippen molar-refractivity contribution in [2.24, 2.45) is 0 Å². The van der Waals surface area contributed by atoms with Gasteiger partial charge in [-0.3, -0.25) is 0 Å². The average Bonchev–Trinajstić information content (AvgIpc) is 2.18. The van der Waals surface area contributed by atoms with E-state index in [1.165, 1.54) is 0 Å². The van der Waals surface area contributed by atoms with Crippen LogP contribution >= 0.6 is 12.6 Å². The Bertz CT molecular complexity index is 474. The first-order chi connectivity index (χ1) is 6.77. The zero-order valence-corrected chi connectivity index (χ0v) is 8.46. The Morgan fingerprint density at radius 3 is 2.86 bits per heavy atom. The summed E-state index contributed by atoms with van der Waals surface area (Å²) in [6, 6.07) is 10.0. The number of thiol groups is 1. The van der Waals surface area contributed by atoms with Crippen LogP contribution < -0.4 is 5.32 Å². The molecule has 0 aliphatic rings.